The number of ether oxygens (including phenoxy) is 1. The lowest BCUT2D eigenvalue weighted by atomic mass is 10.2. The third-order valence-electron chi connectivity index (χ3n) is 2.55. The molecule has 2 N–H and O–H groups in total. The minimum absolute atomic E-state index is 0.0103. The predicted octanol–water partition coefficient (Wildman–Crippen LogP) is 1.73. The maximum Gasteiger partial charge on any atom is 0.261 e. The molecule has 0 aliphatic carbocycles. The van der Waals surface area contributed by atoms with E-state index in [0.717, 1.165) is 0 Å². The molecule has 1 unspecified atom stereocenters. The fourth-order valence-corrected chi connectivity index (χ4v) is 1.49. The van der Waals surface area contributed by atoms with Crippen molar-refractivity contribution in [2.75, 3.05) is 7.11 Å². The summed E-state index contributed by atoms with van der Waals surface area (Å²) in [6.07, 6.45) is 0.516. The number of rotatable bonds is 4. The number of phenolic OH excluding ortho intramolecular Hbond substituents is 2. The van der Waals surface area contributed by atoms with Gasteiger partial charge >= 0.3 is 0 Å². The molecule has 0 saturated heterocycles. The lowest BCUT2D eigenvalue weighted by molar-refractivity contribution is 0.116. The van der Waals surface area contributed by atoms with Gasteiger partial charge < -0.3 is 19.5 Å². The van der Waals surface area contributed by atoms with Crippen LogP contribution >= 0.6 is 0 Å². The quantitative estimate of drug-likeness (QED) is 0.859. The van der Waals surface area contributed by atoms with Gasteiger partial charge in [0.15, 0.2) is 5.82 Å². The van der Waals surface area contributed by atoms with E-state index in [2.05, 4.69) is 10.1 Å². The Balaban J connectivity index is 2.24. The summed E-state index contributed by atoms with van der Waals surface area (Å²) in [7, 11) is 1.61. The zero-order chi connectivity index (χ0) is 13.1. The molecule has 18 heavy (non-hydrogen) atoms. The monoisotopic (exact) mass is 250 g/mol. The van der Waals surface area contributed by atoms with Crippen molar-refractivity contribution >= 4 is 0 Å². The van der Waals surface area contributed by atoms with Crippen LogP contribution in [0.3, 0.4) is 0 Å². The van der Waals surface area contributed by atoms with Crippen molar-refractivity contribution in [3.05, 3.63) is 24.0 Å². The van der Waals surface area contributed by atoms with Gasteiger partial charge in [0.2, 0.25) is 0 Å². The number of hydrogen-bond donors (Lipinski definition) is 2. The normalized spacial score (nSPS) is 12.6. The van der Waals surface area contributed by atoms with Gasteiger partial charge in [-0.15, -0.1) is 0 Å². The average molecular weight is 250 g/mol. The minimum Gasteiger partial charge on any atom is -0.508 e. The molecule has 1 aromatic heterocycles. The van der Waals surface area contributed by atoms with E-state index in [0.29, 0.717) is 17.8 Å². The van der Waals surface area contributed by atoms with Crippen LogP contribution in [0, 0.1) is 0 Å². The number of aromatic nitrogens is 2. The number of phenols is 2. The Bertz CT molecular complexity index is 539. The van der Waals surface area contributed by atoms with Crippen LogP contribution in [0.15, 0.2) is 22.7 Å². The number of benzene rings is 1. The molecule has 0 fully saturated rings. The summed E-state index contributed by atoms with van der Waals surface area (Å²) in [5.41, 5.74) is 0.386. The summed E-state index contributed by atoms with van der Waals surface area (Å²) >= 11 is 0. The summed E-state index contributed by atoms with van der Waals surface area (Å²) in [5.74, 6) is 0.589. The second-order valence-electron chi connectivity index (χ2n) is 3.97. The fraction of sp³-hybridized carbons (Fsp3) is 0.333. The molecule has 0 radical (unpaired) electrons. The molecule has 0 amide bonds. The van der Waals surface area contributed by atoms with Crippen LogP contribution in [0.1, 0.15) is 12.7 Å². The molecule has 0 spiro atoms. The van der Waals surface area contributed by atoms with Gasteiger partial charge in [-0.1, -0.05) is 5.16 Å². The zero-order valence-electron chi connectivity index (χ0n) is 10.1. The molecule has 0 bridgehead atoms. The first-order valence-corrected chi connectivity index (χ1v) is 5.48. The molecule has 0 aliphatic rings. The Kier molecular flexibility index (Phi) is 3.47. The van der Waals surface area contributed by atoms with Crippen LogP contribution in [0.2, 0.25) is 0 Å². The van der Waals surface area contributed by atoms with Crippen molar-refractivity contribution in [3.8, 4) is 23.0 Å². The third-order valence-corrected chi connectivity index (χ3v) is 2.55. The van der Waals surface area contributed by atoms with E-state index < -0.39 is 0 Å². The Hall–Kier alpha value is -2.08. The first-order valence-electron chi connectivity index (χ1n) is 5.48. The van der Waals surface area contributed by atoms with Crippen LogP contribution in [0.4, 0.5) is 0 Å². The Morgan fingerprint density at radius 2 is 2.17 bits per heavy atom. The molecule has 0 saturated carbocycles. The highest BCUT2D eigenvalue weighted by molar-refractivity contribution is 5.63. The van der Waals surface area contributed by atoms with E-state index >= 15 is 0 Å². The Morgan fingerprint density at radius 3 is 2.83 bits per heavy atom. The molecule has 0 aliphatic heterocycles. The summed E-state index contributed by atoms with van der Waals surface area (Å²) in [6, 6.07) is 4.18. The van der Waals surface area contributed by atoms with E-state index in [1.165, 1.54) is 18.2 Å². The van der Waals surface area contributed by atoms with Crippen molar-refractivity contribution in [2.45, 2.75) is 19.4 Å². The summed E-state index contributed by atoms with van der Waals surface area (Å²) in [4.78, 5) is 4.16. The van der Waals surface area contributed by atoms with Gasteiger partial charge in [-0.2, -0.15) is 4.98 Å². The van der Waals surface area contributed by atoms with E-state index in [-0.39, 0.29) is 23.5 Å². The second kappa shape index (κ2) is 5.05. The summed E-state index contributed by atoms with van der Waals surface area (Å²) in [5, 5.41) is 22.7. The Labute approximate surface area is 104 Å². The van der Waals surface area contributed by atoms with Gasteiger partial charge in [0, 0.05) is 19.6 Å². The van der Waals surface area contributed by atoms with Gasteiger partial charge in [0.05, 0.1) is 11.7 Å². The molecule has 6 nitrogen and oxygen atoms in total. The lowest BCUT2D eigenvalue weighted by Gasteiger charge is -2.04. The van der Waals surface area contributed by atoms with Crippen molar-refractivity contribution in [1.29, 1.82) is 0 Å². The third kappa shape index (κ3) is 2.60. The van der Waals surface area contributed by atoms with Crippen molar-refractivity contribution < 1.29 is 19.5 Å². The average Bonchev–Trinajstić information content (AvgIpc) is 2.77. The van der Waals surface area contributed by atoms with E-state index in [1.54, 1.807) is 7.11 Å². The standard InChI is InChI=1S/C12H14N2O4/c1-7(17-2)5-11-13-12(18-14-11)9-4-3-8(15)6-10(9)16/h3-4,6-7,15-16H,5H2,1-2H3. The van der Waals surface area contributed by atoms with Gasteiger partial charge in [0.25, 0.3) is 5.89 Å². The topological polar surface area (TPSA) is 88.6 Å². The zero-order valence-corrected chi connectivity index (χ0v) is 10.1. The largest absolute Gasteiger partial charge is 0.508 e. The SMILES string of the molecule is COC(C)Cc1noc(-c2ccc(O)cc2O)n1. The fourth-order valence-electron chi connectivity index (χ4n) is 1.49. The first-order chi connectivity index (χ1) is 8.60. The van der Waals surface area contributed by atoms with Crippen LogP contribution in [0.5, 0.6) is 11.5 Å². The van der Waals surface area contributed by atoms with Gasteiger partial charge in [-0.3, -0.25) is 0 Å². The Morgan fingerprint density at radius 1 is 1.39 bits per heavy atom. The maximum absolute atomic E-state index is 9.67. The summed E-state index contributed by atoms with van der Waals surface area (Å²) < 4.78 is 10.2. The van der Waals surface area contributed by atoms with Crippen LogP contribution in [0.25, 0.3) is 11.5 Å². The van der Waals surface area contributed by atoms with Crippen molar-refractivity contribution in [1.82, 2.24) is 10.1 Å². The highest BCUT2D eigenvalue weighted by Gasteiger charge is 2.14. The molecule has 1 heterocycles. The highest BCUT2D eigenvalue weighted by atomic mass is 16.5. The van der Waals surface area contributed by atoms with Gasteiger partial charge in [0.1, 0.15) is 11.5 Å². The van der Waals surface area contributed by atoms with Gasteiger partial charge in [-0.25, -0.2) is 0 Å². The van der Waals surface area contributed by atoms with E-state index in [4.69, 9.17) is 9.26 Å². The predicted molar refractivity (Wildman–Crippen MR) is 63.2 cm³/mol. The van der Waals surface area contributed by atoms with Gasteiger partial charge in [-0.05, 0) is 19.1 Å². The molecule has 1 atom stereocenters. The smallest absolute Gasteiger partial charge is 0.261 e. The molecular formula is C12H14N2O4. The lowest BCUT2D eigenvalue weighted by Crippen LogP contribution is -2.09. The number of hydrogen-bond acceptors (Lipinski definition) is 6. The minimum atomic E-state index is -0.106. The molecule has 2 aromatic rings. The number of methoxy groups -OCH3 is 1. The van der Waals surface area contributed by atoms with Crippen LogP contribution in [-0.4, -0.2) is 33.6 Å². The number of aromatic hydroxyl groups is 2. The van der Waals surface area contributed by atoms with Crippen molar-refractivity contribution in [3.63, 3.8) is 0 Å². The van der Waals surface area contributed by atoms with Crippen LogP contribution < -0.4 is 0 Å². The van der Waals surface area contributed by atoms with Crippen LogP contribution in [-0.2, 0) is 11.2 Å². The molecular weight excluding hydrogens is 236 g/mol. The first kappa shape index (κ1) is 12.4. The second-order valence-corrected chi connectivity index (χ2v) is 3.97. The molecule has 2 rings (SSSR count). The molecule has 1 aromatic carbocycles. The van der Waals surface area contributed by atoms with E-state index in [1.807, 2.05) is 6.92 Å². The van der Waals surface area contributed by atoms with E-state index in [9.17, 15) is 10.2 Å². The van der Waals surface area contributed by atoms with Crippen molar-refractivity contribution in [2.24, 2.45) is 0 Å². The maximum atomic E-state index is 9.67. The summed E-state index contributed by atoms with van der Waals surface area (Å²) in [6.45, 7) is 1.90. The number of nitrogens with zero attached hydrogens (tertiary/aromatic N) is 2. The molecule has 96 valence electrons. The molecule has 6 heteroatoms. The highest BCUT2D eigenvalue weighted by Crippen LogP contribution is 2.30.